The van der Waals surface area contributed by atoms with Crippen molar-refractivity contribution in [2.75, 3.05) is 40.0 Å². The lowest BCUT2D eigenvalue weighted by Crippen LogP contribution is -2.51. The molecule has 5 heteroatoms. The van der Waals surface area contributed by atoms with Crippen LogP contribution in [0.5, 0.6) is 0 Å². The fraction of sp³-hybridized carbons (Fsp3) is 0.650. The van der Waals surface area contributed by atoms with E-state index in [0.29, 0.717) is 12.0 Å². The molecule has 0 bridgehead atoms. The molecule has 1 saturated carbocycles. The number of carbonyl (C=O) groups excluding carboxylic acids is 1. The fourth-order valence-electron chi connectivity index (χ4n) is 4.16. The summed E-state index contributed by atoms with van der Waals surface area (Å²) < 4.78 is 10.9. The van der Waals surface area contributed by atoms with Crippen LogP contribution in [0.25, 0.3) is 0 Å². The summed E-state index contributed by atoms with van der Waals surface area (Å²) in [5, 5.41) is 3.15. The first-order valence-corrected chi connectivity index (χ1v) is 9.47. The lowest BCUT2D eigenvalue weighted by Gasteiger charge is -2.41. The minimum Gasteiger partial charge on any atom is -0.379 e. The molecule has 0 radical (unpaired) electrons. The van der Waals surface area contributed by atoms with Crippen LogP contribution in [0.2, 0.25) is 0 Å². The molecular weight excluding hydrogens is 316 g/mol. The fourth-order valence-corrected chi connectivity index (χ4v) is 4.16. The second-order valence-electron chi connectivity index (χ2n) is 7.03. The van der Waals surface area contributed by atoms with Crippen LogP contribution < -0.4 is 5.32 Å². The van der Waals surface area contributed by atoms with E-state index in [1.807, 2.05) is 30.3 Å². The van der Waals surface area contributed by atoms with Gasteiger partial charge in [0, 0.05) is 32.8 Å². The Morgan fingerprint density at radius 2 is 1.96 bits per heavy atom. The van der Waals surface area contributed by atoms with Gasteiger partial charge >= 0.3 is 0 Å². The summed E-state index contributed by atoms with van der Waals surface area (Å²) in [5.74, 6) is 0.476. The molecule has 138 valence electrons. The van der Waals surface area contributed by atoms with Gasteiger partial charge in [-0.15, -0.1) is 0 Å². The van der Waals surface area contributed by atoms with Crippen molar-refractivity contribution in [2.45, 2.75) is 37.8 Å². The van der Waals surface area contributed by atoms with E-state index in [-0.39, 0.29) is 5.91 Å². The number of ether oxygens (including phenoxy) is 2. The quantitative estimate of drug-likeness (QED) is 0.859. The number of morpholine rings is 1. The molecule has 0 aromatic heterocycles. The van der Waals surface area contributed by atoms with Gasteiger partial charge in [-0.2, -0.15) is 0 Å². The van der Waals surface area contributed by atoms with Crippen molar-refractivity contribution in [3.05, 3.63) is 35.9 Å². The van der Waals surface area contributed by atoms with E-state index in [4.69, 9.17) is 9.47 Å². The average molecular weight is 346 g/mol. The SMILES string of the molecule is CO[C@@H](C(=O)NC[C@@H]1CCCC[C@@H]1N1CCOCC1)c1ccccc1. The minimum absolute atomic E-state index is 0.0417. The van der Waals surface area contributed by atoms with Crippen molar-refractivity contribution in [3.63, 3.8) is 0 Å². The molecule has 1 saturated heterocycles. The van der Waals surface area contributed by atoms with Gasteiger partial charge in [-0.25, -0.2) is 0 Å². The molecule has 1 amide bonds. The zero-order valence-corrected chi connectivity index (χ0v) is 15.2. The average Bonchev–Trinajstić information content (AvgIpc) is 2.69. The molecular formula is C20H30N2O3. The van der Waals surface area contributed by atoms with Gasteiger partial charge in [0.25, 0.3) is 5.91 Å². The van der Waals surface area contributed by atoms with Crippen molar-refractivity contribution >= 4 is 5.91 Å². The minimum atomic E-state index is -0.536. The Bertz CT molecular complexity index is 531. The lowest BCUT2D eigenvalue weighted by molar-refractivity contribution is -0.131. The summed E-state index contributed by atoms with van der Waals surface area (Å²) in [6.07, 6.45) is 4.43. The summed E-state index contributed by atoms with van der Waals surface area (Å²) in [5.41, 5.74) is 0.899. The number of carbonyl (C=O) groups is 1. The van der Waals surface area contributed by atoms with Gasteiger partial charge in [0.1, 0.15) is 0 Å². The van der Waals surface area contributed by atoms with Gasteiger partial charge in [-0.05, 0) is 24.3 Å². The van der Waals surface area contributed by atoms with Crippen LogP contribution in [0.3, 0.4) is 0 Å². The highest BCUT2D eigenvalue weighted by atomic mass is 16.5. The number of nitrogens with one attached hydrogen (secondary N) is 1. The molecule has 2 aliphatic rings. The molecule has 3 atom stereocenters. The number of rotatable bonds is 6. The zero-order valence-electron chi connectivity index (χ0n) is 15.2. The van der Waals surface area contributed by atoms with Gasteiger partial charge in [0.2, 0.25) is 0 Å². The van der Waals surface area contributed by atoms with Gasteiger partial charge in [0.15, 0.2) is 6.10 Å². The van der Waals surface area contributed by atoms with Gasteiger partial charge < -0.3 is 14.8 Å². The molecule has 5 nitrogen and oxygen atoms in total. The van der Waals surface area contributed by atoms with Gasteiger partial charge in [0.05, 0.1) is 13.2 Å². The highest BCUT2D eigenvalue weighted by Crippen LogP contribution is 2.29. The van der Waals surface area contributed by atoms with Crippen LogP contribution in [-0.4, -0.2) is 56.8 Å². The second-order valence-corrected chi connectivity index (χ2v) is 7.03. The first-order chi connectivity index (χ1) is 12.3. The topological polar surface area (TPSA) is 50.8 Å². The summed E-state index contributed by atoms with van der Waals surface area (Å²) in [7, 11) is 1.59. The third-order valence-corrected chi connectivity index (χ3v) is 5.50. The Kier molecular flexibility index (Phi) is 6.84. The predicted octanol–water partition coefficient (Wildman–Crippen LogP) is 2.38. The molecule has 2 fully saturated rings. The Morgan fingerprint density at radius 3 is 2.68 bits per heavy atom. The van der Waals surface area contributed by atoms with Crippen LogP contribution in [0.1, 0.15) is 37.4 Å². The smallest absolute Gasteiger partial charge is 0.253 e. The highest BCUT2D eigenvalue weighted by Gasteiger charge is 2.31. The first kappa shape index (κ1) is 18.4. The van der Waals surface area contributed by atoms with E-state index in [1.165, 1.54) is 25.7 Å². The van der Waals surface area contributed by atoms with E-state index in [1.54, 1.807) is 7.11 Å². The lowest BCUT2D eigenvalue weighted by atomic mass is 9.83. The van der Waals surface area contributed by atoms with Crippen LogP contribution in [0, 0.1) is 5.92 Å². The number of methoxy groups -OCH3 is 1. The second kappa shape index (κ2) is 9.32. The van der Waals surface area contributed by atoms with E-state index in [9.17, 15) is 4.79 Å². The molecule has 1 aromatic carbocycles. The maximum atomic E-state index is 12.6. The van der Waals surface area contributed by atoms with E-state index < -0.39 is 6.10 Å². The van der Waals surface area contributed by atoms with Crippen LogP contribution in [-0.2, 0) is 14.3 Å². The summed E-state index contributed by atoms with van der Waals surface area (Å²) in [6.45, 7) is 4.41. The van der Waals surface area contributed by atoms with Crippen molar-refractivity contribution in [3.8, 4) is 0 Å². The number of hydrogen-bond donors (Lipinski definition) is 1. The number of nitrogens with zero attached hydrogens (tertiary/aromatic N) is 1. The monoisotopic (exact) mass is 346 g/mol. The van der Waals surface area contributed by atoms with Crippen molar-refractivity contribution in [2.24, 2.45) is 5.92 Å². The van der Waals surface area contributed by atoms with Crippen molar-refractivity contribution in [1.82, 2.24) is 10.2 Å². The highest BCUT2D eigenvalue weighted by molar-refractivity contribution is 5.82. The zero-order chi connectivity index (χ0) is 17.5. The van der Waals surface area contributed by atoms with Gasteiger partial charge in [-0.3, -0.25) is 9.69 Å². The molecule has 1 aliphatic heterocycles. The molecule has 1 aromatic rings. The molecule has 25 heavy (non-hydrogen) atoms. The first-order valence-electron chi connectivity index (χ1n) is 9.47. The number of benzene rings is 1. The maximum Gasteiger partial charge on any atom is 0.253 e. The van der Waals surface area contributed by atoms with Gasteiger partial charge in [-0.1, -0.05) is 43.2 Å². The summed E-state index contributed by atoms with van der Waals surface area (Å²) in [4.78, 5) is 15.2. The molecule has 3 rings (SSSR count). The molecule has 0 spiro atoms. The third-order valence-electron chi connectivity index (χ3n) is 5.50. The Hall–Kier alpha value is -1.43. The van der Waals surface area contributed by atoms with Crippen LogP contribution >= 0.6 is 0 Å². The number of hydrogen-bond acceptors (Lipinski definition) is 4. The van der Waals surface area contributed by atoms with Crippen LogP contribution in [0.15, 0.2) is 30.3 Å². The largest absolute Gasteiger partial charge is 0.379 e. The Labute approximate surface area is 150 Å². The third kappa shape index (κ3) is 4.81. The van der Waals surface area contributed by atoms with E-state index >= 15 is 0 Å². The summed E-state index contributed by atoms with van der Waals surface area (Å²) in [6, 6.07) is 10.3. The van der Waals surface area contributed by atoms with Crippen molar-refractivity contribution < 1.29 is 14.3 Å². The van der Waals surface area contributed by atoms with Crippen molar-refractivity contribution in [1.29, 1.82) is 0 Å². The van der Waals surface area contributed by atoms with E-state index in [0.717, 1.165) is 38.4 Å². The predicted molar refractivity (Wildman–Crippen MR) is 97.3 cm³/mol. The normalized spacial score (nSPS) is 26.1. The standard InChI is InChI=1S/C20H30N2O3/c1-24-19(16-7-3-2-4-8-16)20(23)21-15-17-9-5-6-10-18(17)22-11-13-25-14-12-22/h2-4,7-8,17-19H,5-6,9-15H2,1H3,(H,21,23)/t17-,18-,19+/m0/s1. The Balaban J connectivity index is 1.57. The van der Waals surface area contributed by atoms with Crippen LogP contribution in [0.4, 0.5) is 0 Å². The van der Waals surface area contributed by atoms with E-state index in [2.05, 4.69) is 10.2 Å². The molecule has 1 heterocycles. The summed E-state index contributed by atoms with van der Waals surface area (Å²) >= 11 is 0. The molecule has 0 unspecified atom stereocenters. The molecule has 1 N–H and O–H groups in total. The number of amides is 1. The Morgan fingerprint density at radius 1 is 1.24 bits per heavy atom. The maximum absolute atomic E-state index is 12.6. The molecule has 1 aliphatic carbocycles.